The largest absolute Gasteiger partial charge is 0.465 e. The highest BCUT2D eigenvalue weighted by molar-refractivity contribution is 6.14. The van der Waals surface area contributed by atoms with Crippen molar-refractivity contribution in [3.05, 3.63) is 94.2 Å². The maximum absolute atomic E-state index is 14.0. The van der Waals surface area contributed by atoms with Gasteiger partial charge in [0.25, 0.3) is 5.91 Å². The average molecular weight is 447 g/mol. The molecule has 0 aliphatic carbocycles. The molecule has 0 unspecified atom stereocenters. The number of nitrogens with one attached hydrogen (secondary N) is 1. The first-order chi connectivity index (χ1) is 15.8. The predicted molar refractivity (Wildman–Crippen MR) is 120 cm³/mol. The van der Waals surface area contributed by atoms with Gasteiger partial charge in [0.1, 0.15) is 11.5 Å². The smallest absolute Gasteiger partial charge is 0.337 e. The van der Waals surface area contributed by atoms with Gasteiger partial charge in [0, 0.05) is 22.6 Å². The predicted octanol–water partition coefficient (Wildman–Crippen LogP) is 4.11. The van der Waals surface area contributed by atoms with Crippen LogP contribution in [0.4, 0.5) is 9.18 Å². The standard InChI is InChI=1S/C25H22FN3O4/c1-15-12-19(16(2)29(15)20-10-8-17(9-11-20)24(31)33-3)13-22-23(30)28(25(32)27-22)14-18-6-4-5-7-21(18)26/h4-13H,14H2,1-3H3,(H,27,32). The van der Waals surface area contributed by atoms with Gasteiger partial charge in [0.05, 0.1) is 19.2 Å². The number of esters is 1. The first-order valence-electron chi connectivity index (χ1n) is 10.3. The Morgan fingerprint density at radius 1 is 1.09 bits per heavy atom. The fourth-order valence-electron chi connectivity index (χ4n) is 3.86. The molecule has 0 bridgehead atoms. The number of ether oxygens (including phenoxy) is 1. The SMILES string of the molecule is COC(=O)c1ccc(-n2c(C)cc(C=C3NC(=O)N(Cc4ccccc4F)C3=O)c2C)cc1. The first-order valence-corrected chi connectivity index (χ1v) is 10.3. The highest BCUT2D eigenvalue weighted by atomic mass is 19.1. The van der Waals surface area contributed by atoms with Crippen molar-refractivity contribution in [3.63, 3.8) is 0 Å². The van der Waals surface area contributed by atoms with E-state index in [-0.39, 0.29) is 17.8 Å². The molecule has 1 aliphatic rings. The van der Waals surface area contributed by atoms with Crippen molar-refractivity contribution in [2.24, 2.45) is 0 Å². The van der Waals surface area contributed by atoms with Crippen molar-refractivity contribution in [1.29, 1.82) is 0 Å². The summed E-state index contributed by atoms with van der Waals surface area (Å²) >= 11 is 0. The van der Waals surface area contributed by atoms with E-state index in [1.807, 2.05) is 36.6 Å². The van der Waals surface area contributed by atoms with E-state index in [1.54, 1.807) is 30.3 Å². The zero-order chi connectivity index (χ0) is 23.7. The number of hydrogen-bond acceptors (Lipinski definition) is 4. The minimum absolute atomic E-state index is 0.123. The summed E-state index contributed by atoms with van der Waals surface area (Å²) in [5.74, 6) is -1.41. The summed E-state index contributed by atoms with van der Waals surface area (Å²) in [5, 5.41) is 2.58. The van der Waals surface area contributed by atoms with Crippen LogP contribution in [-0.4, -0.2) is 34.5 Å². The van der Waals surface area contributed by atoms with Crippen LogP contribution in [-0.2, 0) is 16.1 Å². The van der Waals surface area contributed by atoms with E-state index < -0.39 is 23.7 Å². The Hall–Kier alpha value is -4.20. The van der Waals surface area contributed by atoms with Crippen LogP contribution in [0.1, 0.15) is 32.9 Å². The van der Waals surface area contributed by atoms with E-state index in [2.05, 4.69) is 5.32 Å². The molecule has 4 rings (SSSR count). The van der Waals surface area contributed by atoms with Gasteiger partial charge in [-0.25, -0.2) is 14.0 Å². The third-order valence-electron chi connectivity index (χ3n) is 5.57. The number of hydrogen-bond donors (Lipinski definition) is 1. The minimum atomic E-state index is -0.596. The number of halogens is 1. The average Bonchev–Trinajstić information content (AvgIpc) is 3.23. The van der Waals surface area contributed by atoms with Crippen LogP contribution in [0.5, 0.6) is 0 Å². The van der Waals surface area contributed by atoms with Gasteiger partial charge < -0.3 is 14.6 Å². The number of carbonyl (C=O) groups is 3. The lowest BCUT2D eigenvalue weighted by Gasteiger charge is -2.12. The van der Waals surface area contributed by atoms with Gasteiger partial charge in [-0.1, -0.05) is 18.2 Å². The van der Waals surface area contributed by atoms with Gasteiger partial charge in [0.15, 0.2) is 0 Å². The number of rotatable bonds is 5. The Kier molecular flexibility index (Phi) is 5.83. The molecule has 8 heteroatoms. The number of urea groups is 1. The molecular weight excluding hydrogens is 425 g/mol. The topological polar surface area (TPSA) is 80.6 Å². The second kappa shape index (κ2) is 8.74. The second-order valence-electron chi connectivity index (χ2n) is 7.67. The molecule has 7 nitrogen and oxygen atoms in total. The van der Waals surface area contributed by atoms with Crippen molar-refractivity contribution in [2.75, 3.05) is 7.11 Å². The van der Waals surface area contributed by atoms with Crippen molar-refractivity contribution in [3.8, 4) is 5.69 Å². The van der Waals surface area contributed by atoms with Gasteiger partial charge in [-0.3, -0.25) is 9.69 Å². The summed E-state index contributed by atoms with van der Waals surface area (Å²) < 4.78 is 20.7. The minimum Gasteiger partial charge on any atom is -0.465 e. The summed E-state index contributed by atoms with van der Waals surface area (Å²) in [5.41, 5.74) is 4.17. The summed E-state index contributed by atoms with van der Waals surface area (Å²) in [7, 11) is 1.33. The highest BCUT2D eigenvalue weighted by Gasteiger charge is 2.34. The van der Waals surface area contributed by atoms with Crippen LogP contribution in [0.25, 0.3) is 11.8 Å². The molecule has 2 heterocycles. The van der Waals surface area contributed by atoms with Crippen LogP contribution < -0.4 is 5.32 Å². The van der Waals surface area contributed by atoms with Crippen molar-refractivity contribution >= 4 is 24.0 Å². The summed E-state index contributed by atoms with van der Waals surface area (Å²) in [4.78, 5) is 37.9. The number of amides is 3. The second-order valence-corrected chi connectivity index (χ2v) is 7.67. The fourth-order valence-corrected chi connectivity index (χ4v) is 3.86. The zero-order valence-electron chi connectivity index (χ0n) is 18.4. The lowest BCUT2D eigenvalue weighted by Crippen LogP contribution is -2.30. The van der Waals surface area contributed by atoms with Gasteiger partial charge >= 0.3 is 12.0 Å². The summed E-state index contributed by atoms with van der Waals surface area (Å²) in [6, 6.07) is 14.3. The monoisotopic (exact) mass is 447 g/mol. The molecule has 33 heavy (non-hydrogen) atoms. The normalized spacial score (nSPS) is 14.7. The van der Waals surface area contributed by atoms with Crippen molar-refractivity contribution in [2.45, 2.75) is 20.4 Å². The number of benzene rings is 2. The zero-order valence-corrected chi connectivity index (χ0v) is 18.4. The Morgan fingerprint density at radius 2 is 1.79 bits per heavy atom. The van der Waals surface area contributed by atoms with Crippen LogP contribution in [0, 0.1) is 19.7 Å². The lowest BCUT2D eigenvalue weighted by molar-refractivity contribution is -0.123. The van der Waals surface area contributed by atoms with Gasteiger partial charge in [-0.05, 0) is 61.9 Å². The van der Waals surface area contributed by atoms with Gasteiger partial charge in [0.2, 0.25) is 0 Å². The van der Waals surface area contributed by atoms with E-state index >= 15 is 0 Å². The maximum Gasteiger partial charge on any atom is 0.337 e. The number of aromatic nitrogens is 1. The Labute approximate surface area is 190 Å². The molecule has 0 saturated carbocycles. The van der Waals surface area contributed by atoms with E-state index in [0.29, 0.717) is 5.56 Å². The van der Waals surface area contributed by atoms with E-state index in [9.17, 15) is 18.8 Å². The van der Waals surface area contributed by atoms with Crippen LogP contribution in [0.2, 0.25) is 0 Å². The summed E-state index contributed by atoms with van der Waals surface area (Å²) in [6.07, 6.45) is 1.61. The highest BCUT2D eigenvalue weighted by Crippen LogP contribution is 2.25. The van der Waals surface area contributed by atoms with Crippen LogP contribution in [0.3, 0.4) is 0 Å². The Morgan fingerprint density at radius 3 is 2.45 bits per heavy atom. The molecule has 3 aromatic rings. The van der Waals surface area contributed by atoms with E-state index in [1.165, 1.54) is 19.2 Å². The number of imide groups is 1. The molecule has 1 N–H and O–H groups in total. The molecule has 0 spiro atoms. The summed E-state index contributed by atoms with van der Waals surface area (Å²) in [6.45, 7) is 3.66. The Bertz CT molecular complexity index is 1290. The Balaban J connectivity index is 1.61. The third kappa shape index (κ3) is 4.15. The molecule has 1 saturated heterocycles. The van der Waals surface area contributed by atoms with Crippen LogP contribution >= 0.6 is 0 Å². The van der Waals surface area contributed by atoms with Gasteiger partial charge in [-0.2, -0.15) is 0 Å². The number of nitrogens with zero attached hydrogens (tertiary/aromatic N) is 2. The number of carbonyl (C=O) groups excluding carboxylic acids is 3. The maximum atomic E-state index is 14.0. The molecule has 1 aromatic heterocycles. The van der Waals surface area contributed by atoms with E-state index in [0.717, 1.165) is 27.5 Å². The van der Waals surface area contributed by atoms with Crippen molar-refractivity contribution < 1.29 is 23.5 Å². The molecule has 0 radical (unpaired) electrons. The molecular formula is C25H22FN3O4. The lowest BCUT2D eigenvalue weighted by atomic mass is 10.2. The molecule has 1 aliphatic heterocycles. The number of aryl methyl sites for hydroxylation is 1. The quantitative estimate of drug-likeness (QED) is 0.363. The van der Waals surface area contributed by atoms with Gasteiger partial charge in [-0.15, -0.1) is 0 Å². The first kappa shape index (κ1) is 22.0. The number of methoxy groups -OCH3 is 1. The molecule has 168 valence electrons. The van der Waals surface area contributed by atoms with E-state index in [4.69, 9.17) is 4.74 Å². The molecule has 3 amide bonds. The molecule has 0 atom stereocenters. The fraction of sp³-hybridized carbons (Fsp3) is 0.160. The third-order valence-corrected chi connectivity index (χ3v) is 5.57. The molecule has 2 aromatic carbocycles. The van der Waals surface area contributed by atoms with Crippen LogP contribution in [0.15, 0.2) is 60.3 Å². The van der Waals surface area contributed by atoms with Crippen molar-refractivity contribution in [1.82, 2.24) is 14.8 Å². The molecule has 1 fully saturated rings.